The van der Waals surface area contributed by atoms with E-state index in [4.69, 9.17) is 0 Å². The Labute approximate surface area is 140 Å². The summed E-state index contributed by atoms with van der Waals surface area (Å²) in [6, 6.07) is 6.65. The van der Waals surface area contributed by atoms with Gasteiger partial charge in [0.15, 0.2) is 5.13 Å². The molecule has 0 unspecified atom stereocenters. The first kappa shape index (κ1) is 15.4. The van der Waals surface area contributed by atoms with E-state index >= 15 is 0 Å². The van der Waals surface area contributed by atoms with E-state index in [2.05, 4.69) is 20.6 Å². The van der Waals surface area contributed by atoms with Gasteiger partial charge in [-0.2, -0.15) is 0 Å². The van der Waals surface area contributed by atoms with Crippen LogP contribution in [0.3, 0.4) is 0 Å². The largest absolute Gasteiger partial charge is 0.360 e. The van der Waals surface area contributed by atoms with Crippen LogP contribution in [-0.4, -0.2) is 27.8 Å². The van der Waals surface area contributed by atoms with Crippen molar-refractivity contribution in [2.75, 3.05) is 5.32 Å². The maximum Gasteiger partial charge on any atom is 0.261 e. The van der Waals surface area contributed by atoms with Gasteiger partial charge in [-0.3, -0.25) is 9.59 Å². The molecule has 0 aromatic carbocycles. The Morgan fingerprint density at radius 2 is 2.13 bits per heavy atom. The molecule has 0 aliphatic rings. The Morgan fingerprint density at radius 1 is 1.26 bits per heavy atom. The molecule has 118 valence electrons. The number of nitrogens with one attached hydrogen (secondary N) is 3. The van der Waals surface area contributed by atoms with Crippen LogP contribution in [0.1, 0.15) is 16.6 Å². The highest BCUT2D eigenvalue weighted by Gasteiger charge is 2.18. The minimum atomic E-state index is -0.651. The van der Waals surface area contributed by atoms with E-state index in [0.717, 1.165) is 11.4 Å². The molecule has 0 spiro atoms. The number of carbonyl (C=O) groups is 2. The van der Waals surface area contributed by atoms with E-state index in [9.17, 15) is 9.59 Å². The summed E-state index contributed by atoms with van der Waals surface area (Å²) in [7, 11) is 0. The molecule has 3 aromatic rings. The molecule has 6 nitrogen and oxygen atoms in total. The second-order valence-electron chi connectivity index (χ2n) is 4.78. The first-order valence-electron chi connectivity index (χ1n) is 6.88. The zero-order chi connectivity index (χ0) is 16.2. The SMILES string of the molecule is C[C@@H](NC(=O)c1cccs1)C(=O)Nc1nc(-c2ccc[nH]2)cs1. The molecule has 3 rings (SSSR count). The summed E-state index contributed by atoms with van der Waals surface area (Å²) in [5.41, 5.74) is 1.66. The van der Waals surface area contributed by atoms with Gasteiger partial charge in [0.25, 0.3) is 5.91 Å². The van der Waals surface area contributed by atoms with Crippen molar-refractivity contribution in [1.29, 1.82) is 0 Å². The maximum atomic E-state index is 12.1. The lowest BCUT2D eigenvalue weighted by molar-refractivity contribution is -0.117. The standard InChI is InChI=1S/C15H14N4O2S2/c1-9(17-14(21)12-5-3-7-22-12)13(20)19-15-18-11(8-23-15)10-4-2-6-16-10/h2-9,16H,1H3,(H,17,21)(H,18,19,20)/t9-/m1/s1. The van der Waals surface area contributed by atoms with E-state index in [1.165, 1.54) is 22.7 Å². The molecule has 23 heavy (non-hydrogen) atoms. The Bertz CT molecular complexity index is 793. The van der Waals surface area contributed by atoms with E-state index in [1.54, 1.807) is 19.1 Å². The van der Waals surface area contributed by atoms with Crippen LogP contribution in [0.2, 0.25) is 0 Å². The molecule has 0 fully saturated rings. The van der Waals surface area contributed by atoms with Crippen LogP contribution in [-0.2, 0) is 4.79 Å². The predicted octanol–water partition coefficient (Wildman–Crippen LogP) is 2.96. The number of amides is 2. The highest BCUT2D eigenvalue weighted by atomic mass is 32.1. The number of hydrogen-bond acceptors (Lipinski definition) is 5. The Balaban J connectivity index is 1.59. The quantitative estimate of drug-likeness (QED) is 0.664. The number of nitrogens with zero attached hydrogens (tertiary/aromatic N) is 1. The number of anilines is 1. The van der Waals surface area contributed by atoms with Gasteiger partial charge in [0.2, 0.25) is 5.91 Å². The van der Waals surface area contributed by atoms with Crippen LogP contribution in [0.5, 0.6) is 0 Å². The van der Waals surface area contributed by atoms with Gasteiger partial charge >= 0.3 is 0 Å². The normalized spacial score (nSPS) is 11.9. The first-order valence-corrected chi connectivity index (χ1v) is 8.64. The topological polar surface area (TPSA) is 86.9 Å². The fourth-order valence-electron chi connectivity index (χ4n) is 1.90. The summed E-state index contributed by atoms with van der Waals surface area (Å²) in [4.78, 5) is 32.1. The number of thiazole rings is 1. The number of carbonyl (C=O) groups excluding carboxylic acids is 2. The molecule has 8 heteroatoms. The van der Waals surface area contributed by atoms with Gasteiger partial charge in [0, 0.05) is 11.6 Å². The summed E-state index contributed by atoms with van der Waals surface area (Å²) < 4.78 is 0. The molecule has 0 bridgehead atoms. The van der Waals surface area contributed by atoms with Crippen molar-refractivity contribution in [1.82, 2.24) is 15.3 Å². The molecule has 0 aliphatic heterocycles. The van der Waals surface area contributed by atoms with Gasteiger partial charge in [0.1, 0.15) is 6.04 Å². The molecule has 0 radical (unpaired) electrons. The Morgan fingerprint density at radius 3 is 2.83 bits per heavy atom. The lowest BCUT2D eigenvalue weighted by Crippen LogP contribution is -2.41. The monoisotopic (exact) mass is 346 g/mol. The zero-order valence-corrected chi connectivity index (χ0v) is 13.8. The van der Waals surface area contributed by atoms with Gasteiger partial charge in [-0.05, 0) is 30.5 Å². The van der Waals surface area contributed by atoms with Crippen molar-refractivity contribution in [3.8, 4) is 11.4 Å². The summed E-state index contributed by atoms with van der Waals surface area (Å²) >= 11 is 2.67. The number of aromatic amines is 1. The second kappa shape index (κ2) is 6.76. The second-order valence-corrected chi connectivity index (χ2v) is 6.59. The highest BCUT2D eigenvalue weighted by molar-refractivity contribution is 7.14. The summed E-state index contributed by atoms with van der Waals surface area (Å²) in [5, 5.41) is 9.56. The molecular formula is C15H14N4O2S2. The van der Waals surface area contributed by atoms with E-state index < -0.39 is 6.04 Å². The number of rotatable bonds is 5. The Kier molecular flexibility index (Phi) is 4.54. The van der Waals surface area contributed by atoms with Gasteiger partial charge in [0.05, 0.1) is 16.3 Å². The molecule has 0 saturated carbocycles. The van der Waals surface area contributed by atoms with Crippen LogP contribution >= 0.6 is 22.7 Å². The van der Waals surface area contributed by atoms with Crippen LogP contribution in [0.15, 0.2) is 41.2 Å². The smallest absolute Gasteiger partial charge is 0.261 e. The van der Waals surface area contributed by atoms with Gasteiger partial charge in [-0.15, -0.1) is 22.7 Å². The third-order valence-electron chi connectivity index (χ3n) is 3.09. The molecule has 2 amide bonds. The predicted molar refractivity (Wildman–Crippen MR) is 91.8 cm³/mol. The van der Waals surface area contributed by atoms with Crippen LogP contribution < -0.4 is 10.6 Å². The van der Waals surface area contributed by atoms with E-state index in [-0.39, 0.29) is 11.8 Å². The van der Waals surface area contributed by atoms with Gasteiger partial charge in [-0.25, -0.2) is 4.98 Å². The maximum absolute atomic E-state index is 12.1. The number of thiophene rings is 1. The highest BCUT2D eigenvalue weighted by Crippen LogP contribution is 2.23. The van der Waals surface area contributed by atoms with Crippen molar-refractivity contribution >= 4 is 39.6 Å². The number of aromatic nitrogens is 2. The molecule has 3 aromatic heterocycles. The molecular weight excluding hydrogens is 332 g/mol. The minimum absolute atomic E-state index is 0.256. The van der Waals surface area contributed by atoms with Crippen molar-refractivity contribution < 1.29 is 9.59 Å². The van der Waals surface area contributed by atoms with Gasteiger partial charge in [-0.1, -0.05) is 6.07 Å². The number of H-pyrrole nitrogens is 1. The molecule has 1 atom stereocenters. The third-order valence-corrected chi connectivity index (χ3v) is 4.72. The fourth-order valence-corrected chi connectivity index (χ4v) is 3.24. The Hall–Kier alpha value is -2.45. The van der Waals surface area contributed by atoms with Crippen LogP contribution in [0, 0.1) is 0 Å². The summed E-state index contributed by atoms with van der Waals surface area (Å²) in [6.07, 6.45) is 1.81. The van der Waals surface area contributed by atoms with E-state index in [0.29, 0.717) is 10.0 Å². The summed E-state index contributed by atoms with van der Waals surface area (Å²) in [5.74, 6) is -0.559. The zero-order valence-electron chi connectivity index (χ0n) is 12.2. The average Bonchev–Trinajstić information content (AvgIpc) is 3.28. The van der Waals surface area contributed by atoms with Crippen molar-refractivity contribution in [3.05, 3.63) is 46.1 Å². The number of hydrogen-bond donors (Lipinski definition) is 3. The fraction of sp³-hybridized carbons (Fsp3) is 0.133. The van der Waals surface area contributed by atoms with E-state index in [1.807, 2.05) is 29.1 Å². The molecule has 3 heterocycles. The minimum Gasteiger partial charge on any atom is -0.360 e. The lowest BCUT2D eigenvalue weighted by atomic mass is 10.3. The van der Waals surface area contributed by atoms with Crippen LogP contribution in [0.4, 0.5) is 5.13 Å². The first-order chi connectivity index (χ1) is 11.1. The lowest BCUT2D eigenvalue weighted by Gasteiger charge is -2.12. The van der Waals surface area contributed by atoms with Crippen molar-refractivity contribution in [2.24, 2.45) is 0 Å². The summed E-state index contributed by atoms with van der Waals surface area (Å²) in [6.45, 7) is 1.64. The average molecular weight is 346 g/mol. The molecule has 0 aliphatic carbocycles. The van der Waals surface area contributed by atoms with Crippen molar-refractivity contribution in [3.63, 3.8) is 0 Å². The third kappa shape index (κ3) is 3.66. The van der Waals surface area contributed by atoms with Crippen LogP contribution in [0.25, 0.3) is 11.4 Å². The van der Waals surface area contributed by atoms with Gasteiger partial charge < -0.3 is 15.6 Å². The molecule has 3 N–H and O–H groups in total. The van der Waals surface area contributed by atoms with Crippen molar-refractivity contribution in [2.45, 2.75) is 13.0 Å². The molecule has 0 saturated heterocycles.